The molecule has 0 radical (unpaired) electrons. The normalized spacial score (nSPS) is 11.2. The molecule has 9 heteroatoms. The van der Waals surface area contributed by atoms with Crippen molar-refractivity contribution < 1.29 is 18.7 Å². The van der Waals surface area contributed by atoms with Gasteiger partial charge in [0.15, 0.2) is 0 Å². The molecule has 0 spiro atoms. The number of hydrogen-bond acceptors (Lipinski definition) is 5. The number of hydrazone groups is 1. The molecule has 1 amide bonds. The molecular weight excluding hydrogens is 495 g/mol. The van der Waals surface area contributed by atoms with Crippen molar-refractivity contribution in [2.45, 2.75) is 0 Å². The molecule has 0 saturated carbocycles. The van der Waals surface area contributed by atoms with E-state index >= 15 is 0 Å². The monoisotopic (exact) mass is 506 g/mol. The smallest absolute Gasteiger partial charge is 0.336 e. The van der Waals surface area contributed by atoms with Crippen LogP contribution in [0.5, 0.6) is 5.75 Å². The average molecular weight is 508 g/mol. The highest BCUT2D eigenvalue weighted by Crippen LogP contribution is 2.23. The van der Waals surface area contributed by atoms with Crippen molar-refractivity contribution in [3.8, 4) is 5.75 Å². The van der Waals surface area contributed by atoms with Crippen LogP contribution in [0.3, 0.4) is 0 Å². The van der Waals surface area contributed by atoms with Gasteiger partial charge in [-0.25, -0.2) is 10.2 Å². The minimum atomic E-state index is -0.597. The first kappa shape index (κ1) is 21.8. The van der Waals surface area contributed by atoms with Crippen LogP contribution in [0, 0.1) is 0 Å². The first-order valence-corrected chi connectivity index (χ1v) is 9.98. The Morgan fingerprint density at radius 1 is 1.13 bits per heavy atom. The van der Waals surface area contributed by atoms with E-state index in [1.54, 1.807) is 36.4 Å². The summed E-state index contributed by atoms with van der Waals surface area (Å²) in [4.78, 5) is 24.3. The summed E-state index contributed by atoms with van der Waals surface area (Å²) in [7, 11) is 0. The number of carbonyl (C=O) groups is 2. The zero-order valence-corrected chi connectivity index (χ0v) is 18.2. The highest BCUT2D eigenvalue weighted by molar-refractivity contribution is 9.10. The average Bonchev–Trinajstić information content (AvgIpc) is 3.22. The molecule has 0 aliphatic rings. The first-order chi connectivity index (χ1) is 14.4. The molecule has 0 bridgehead atoms. The largest absolute Gasteiger partial charge is 0.465 e. The molecule has 1 N–H and O–H groups in total. The minimum absolute atomic E-state index is 0.204. The lowest BCUT2D eigenvalue weighted by Crippen LogP contribution is -2.18. The summed E-state index contributed by atoms with van der Waals surface area (Å²) in [5, 5.41) is 4.54. The zero-order chi connectivity index (χ0) is 21.5. The number of amides is 1. The molecule has 30 heavy (non-hydrogen) atoms. The summed E-state index contributed by atoms with van der Waals surface area (Å²) in [6.07, 6.45) is 5.59. The molecule has 0 unspecified atom stereocenters. The Morgan fingerprint density at radius 3 is 2.70 bits per heavy atom. The van der Waals surface area contributed by atoms with Gasteiger partial charge in [-0.3, -0.25) is 4.79 Å². The maximum absolute atomic E-state index is 12.2. The van der Waals surface area contributed by atoms with Crippen LogP contribution in [0.4, 0.5) is 0 Å². The van der Waals surface area contributed by atoms with Crippen LogP contribution in [0.1, 0.15) is 21.7 Å². The van der Waals surface area contributed by atoms with Crippen molar-refractivity contribution in [3.05, 3.63) is 92.3 Å². The number of rotatable bonds is 6. The highest BCUT2D eigenvalue weighted by atomic mass is 79.9. The topological polar surface area (TPSA) is 80.9 Å². The Balaban J connectivity index is 1.70. The van der Waals surface area contributed by atoms with Gasteiger partial charge in [-0.1, -0.05) is 39.1 Å². The van der Waals surface area contributed by atoms with Gasteiger partial charge < -0.3 is 9.15 Å². The third-order valence-corrected chi connectivity index (χ3v) is 4.70. The van der Waals surface area contributed by atoms with E-state index in [0.29, 0.717) is 16.3 Å². The van der Waals surface area contributed by atoms with Gasteiger partial charge in [-0.2, -0.15) is 5.10 Å². The molecule has 0 aliphatic heterocycles. The molecule has 3 rings (SSSR count). The van der Waals surface area contributed by atoms with E-state index in [9.17, 15) is 9.59 Å². The number of benzene rings is 2. The van der Waals surface area contributed by atoms with Crippen molar-refractivity contribution in [1.29, 1.82) is 0 Å². The molecule has 0 atom stereocenters. The van der Waals surface area contributed by atoms with E-state index in [1.807, 2.05) is 0 Å². The third-order valence-electron chi connectivity index (χ3n) is 3.65. The first-order valence-electron chi connectivity index (χ1n) is 8.44. The summed E-state index contributed by atoms with van der Waals surface area (Å²) < 4.78 is 11.2. The molecule has 6 nitrogen and oxygen atoms in total. The van der Waals surface area contributed by atoms with Crippen LogP contribution >= 0.6 is 39.1 Å². The fourth-order valence-corrected chi connectivity index (χ4v) is 3.16. The SMILES string of the molecule is O=C(/C=C/c1ccco1)Oc1ccc(Br)cc1C=NNC(=O)c1ccc(Cl)cc1Cl. The van der Waals surface area contributed by atoms with Gasteiger partial charge in [-0.15, -0.1) is 0 Å². The number of halogens is 3. The van der Waals surface area contributed by atoms with Gasteiger partial charge in [-0.05, 0) is 54.6 Å². The van der Waals surface area contributed by atoms with Gasteiger partial charge >= 0.3 is 5.97 Å². The second-order valence-electron chi connectivity index (χ2n) is 5.78. The van der Waals surface area contributed by atoms with Crippen molar-refractivity contribution in [2.24, 2.45) is 5.10 Å². The van der Waals surface area contributed by atoms with E-state index in [-0.39, 0.29) is 16.3 Å². The summed E-state index contributed by atoms with van der Waals surface area (Å²) >= 11 is 15.2. The van der Waals surface area contributed by atoms with Gasteiger partial charge in [0.05, 0.1) is 23.1 Å². The van der Waals surface area contributed by atoms with Gasteiger partial charge in [0, 0.05) is 21.1 Å². The molecule has 152 valence electrons. The van der Waals surface area contributed by atoms with E-state index in [1.165, 1.54) is 36.8 Å². The van der Waals surface area contributed by atoms with Gasteiger partial charge in [0.25, 0.3) is 5.91 Å². The Morgan fingerprint density at radius 2 is 1.97 bits per heavy atom. The van der Waals surface area contributed by atoms with Gasteiger partial charge in [0.2, 0.25) is 0 Å². The molecule has 0 aliphatic carbocycles. The molecule has 2 aromatic carbocycles. The number of esters is 1. The number of ether oxygens (including phenoxy) is 1. The lowest BCUT2D eigenvalue weighted by atomic mass is 10.2. The summed E-state index contributed by atoms with van der Waals surface area (Å²) in [6.45, 7) is 0. The third kappa shape index (κ3) is 6.06. The van der Waals surface area contributed by atoms with Crippen LogP contribution < -0.4 is 10.2 Å². The summed E-state index contributed by atoms with van der Waals surface area (Å²) in [5.41, 5.74) is 3.06. The van der Waals surface area contributed by atoms with Crippen molar-refractivity contribution in [2.75, 3.05) is 0 Å². The highest BCUT2D eigenvalue weighted by Gasteiger charge is 2.11. The number of furan rings is 1. The van der Waals surface area contributed by atoms with E-state index in [4.69, 9.17) is 32.4 Å². The Kier molecular flexibility index (Phi) is 7.46. The summed E-state index contributed by atoms with van der Waals surface area (Å²) in [6, 6.07) is 12.9. The fourth-order valence-electron chi connectivity index (χ4n) is 2.29. The van der Waals surface area contributed by atoms with Crippen LogP contribution in [0.2, 0.25) is 10.0 Å². The Hall–Kier alpha value is -2.87. The van der Waals surface area contributed by atoms with Crippen LogP contribution in [-0.2, 0) is 4.79 Å². The molecule has 3 aromatic rings. The van der Waals surface area contributed by atoms with Gasteiger partial charge in [0.1, 0.15) is 11.5 Å². The Bertz CT molecular complexity index is 1130. The lowest BCUT2D eigenvalue weighted by molar-refractivity contribution is -0.128. The standard InChI is InChI=1S/C21H13BrCl2N2O4/c22-14-3-7-19(30-20(27)8-5-16-2-1-9-29-16)13(10-14)12-25-26-21(28)17-6-4-15(23)11-18(17)24/h1-12H,(H,26,28)/b8-5+,25-12?. The van der Waals surface area contributed by atoms with E-state index in [0.717, 1.165) is 4.47 Å². The summed E-state index contributed by atoms with van der Waals surface area (Å²) in [5.74, 6) is -0.328. The predicted molar refractivity (Wildman–Crippen MR) is 119 cm³/mol. The van der Waals surface area contributed by atoms with Crippen LogP contribution in [-0.4, -0.2) is 18.1 Å². The number of hydrogen-bond donors (Lipinski definition) is 1. The second-order valence-corrected chi connectivity index (χ2v) is 7.53. The quantitative estimate of drug-likeness (QED) is 0.152. The number of nitrogens with one attached hydrogen (secondary N) is 1. The molecule has 0 fully saturated rings. The molecular formula is C21H13BrCl2N2O4. The lowest BCUT2D eigenvalue weighted by Gasteiger charge is -2.06. The van der Waals surface area contributed by atoms with Crippen molar-refractivity contribution >= 4 is 63.3 Å². The maximum Gasteiger partial charge on any atom is 0.336 e. The van der Waals surface area contributed by atoms with Crippen LogP contribution in [0.25, 0.3) is 6.08 Å². The predicted octanol–water partition coefficient (Wildman–Crippen LogP) is 5.73. The van der Waals surface area contributed by atoms with E-state index in [2.05, 4.69) is 26.5 Å². The fraction of sp³-hybridized carbons (Fsp3) is 0. The Labute approximate surface area is 190 Å². The second kappa shape index (κ2) is 10.2. The van der Waals surface area contributed by atoms with E-state index < -0.39 is 11.9 Å². The van der Waals surface area contributed by atoms with Crippen molar-refractivity contribution in [1.82, 2.24) is 5.43 Å². The molecule has 1 heterocycles. The minimum Gasteiger partial charge on any atom is -0.465 e. The number of carbonyl (C=O) groups excluding carboxylic acids is 2. The maximum atomic E-state index is 12.2. The van der Waals surface area contributed by atoms with Crippen LogP contribution in [0.15, 0.2) is 74.9 Å². The van der Waals surface area contributed by atoms with Crippen molar-refractivity contribution in [3.63, 3.8) is 0 Å². The number of nitrogens with zero attached hydrogens (tertiary/aromatic N) is 1. The molecule has 1 aromatic heterocycles. The molecule has 0 saturated heterocycles. The zero-order valence-electron chi connectivity index (χ0n) is 15.1.